The summed E-state index contributed by atoms with van der Waals surface area (Å²) >= 11 is 0. The van der Waals surface area contributed by atoms with Crippen molar-refractivity contribution >= 4 is 0 Å². The van der Waals surface area contributed by atoms with Crippen LogP contribution in [0.3, 0.4) is 0 Å². The van der Waals surface area contributed by atoms with Gasteiger partial charge in [0.15, 0.2) is 25.2 Å². The minimum absolute atomic E-state index is 0. The molecule has 0 aromatic carbocycles. The molecule has 0 amide bonds. The van der Waals surface area contributed by atoms with Gasteiger partial charge in [-0.15, -0.1) is 6.58 Å². The molecule has 5 rings (SSSR count). The van der Waals surface area contributed by atoms with E-state index in [0.717, 1.165) is 0 Å². The molecule has 0 aromatic rings. The van der Waals surface area contributed by atoms with Gasteiger partial charge in [0.25, 0.3) is 0 Å². The maximum absolute atomic E-state index is 11.2. The van der Waals surface area contributed by atoms with E-state index in [9.17, 15) is 72.1 Å². The number of hydrogen-bond donors (Lipinski definition) is 13. The Kier molecular flexibility index (Phi) is 19.5. The molecule has 0 aliphatic carbocycles. The summed E-state index contributed by atoms with van der Waals surface area (Å²) in [5.74, 6) is 0. The smallest absolute Gasteiger partial charge is 0.187 e. The zero-order valence-electron chi connectivity index (χ0n) is 31.5. The predicted molar refractivity (Wildman–Crippen MR) is 180 cm³/mol. The van der Waals surface area contributed by atoms with E-state index < -0.39 is 173 Å². The van der Waals surface area contributed by atoms with Crippen LogP contribution in [0.15, 0.2) is 12.7 Å². The molecule has 25 heteroatoms. The van der Waals surface area contributed by atoms with Gasteiger partial charge in [0, 0.05) is 44.1 Å². The van der Waals surface area contributed by atoms with E-state index in [1.54, 1.807) is 0 Å². The summed E-state index contributed by atoms with van der Waals surface area (Å²) in [5.41, 5.74) is 9.24. The number of aliphatic hydroxyl groups is 13. The monoisotopic (exact) mass is 1060 g/mol. The molecular weight excluding hydrogens is 1010 g/mol. The molecule has 5 saturated heterocycles. The number of aliphatic hydroxyl groups excluding tert-OH is 13. The van der Waals surface area contributed by atoms with Crippen LogP contribution in [0.25, 0.3) is 5.73 Å². The Morgan fingerprint density at radius 3 is 1.43 bits per heavy atom. The van der Waals surface area contributed by atoms with Gasteiger partial charge >= 0.3 is 0 Å². The first-order valence-corrected chi connectivity index (χ1v) is 18.4. The van der Waals surface area contributed by atoms with Crippen molar-refractivity contribution in [2.24, 2.45) is 0 Å². The van der Waals surface area contributed by atoms with Crippen molar-refractivity contribution in [1.29, 1.82) is 0 Å². The summed E-state index contributed by atoms with van der Waals surface area (Å²) in [6.07, 6.45) is -39.4. The topological polar surface area (TPSA) is 379 Å². The zero-order valence-corrected chi connectivity index (χ0v) is 36.3. The van der Waals surface area contributed by atoms with E-state index in [0.29, 0.717) is 0 Å². The van der Waals surface area contributed by atoms with Crippen molar-refractivity contribution in [2.75, 3.05) is 26.4 Å². The molecule has 25 atom stereocenters. The minimum Gasteiger partial charge on any atom is -0.668 e. The maximum Gasteiger partial charge on any atom is 0.187 e. The van der Waals surface area contributed by atoms with E-state index in [-0.39, 0.29) is 50.7 Å². The Bertz CT molecular complexity index is 1270. The minimum atomic E-state index is -1.98. The van der Waals surface area contributed by atoms with E-state index in [1.165, 1.54) is 19.9 Å². The molecule has 0 spiro atoms. The van der Waals surface area contributed by atoms with Crippen LogP contribution < -0.4 is 0 Å². The molecule has 12 unspecified atom stereocenters. The van der Waals surface area contributed by atoms with Gasteiger partial charge in [0.1, 0.15) is 104 Å². The molecule has 335 valence electrons. The molecule has 0 bridgehead atoms. The molecule has 5 aliphatic rings. The van der Waals surface area contributed by atoms with Gasteiger partial charge in [-0.1, -0.05) is 12.1 Å². The molecule has 5 heterocycles. The van der Waals surface area contributed by atoms with Gasteiger partial charge < -0.3 is 119 Å². The number of hydrogen-bond acceptors (Lipinski definition) is 23. The van der Waals surface area contributed by atoms with Crippen LogP contribution in [0.4, 0.5) is 0 Å². The summed E-state index contributed by atoms with van der Waals surface area (Å²) in [6, 6.07) is -1.87. The first-order valence-electron chi connectivity index (χ1n) is 18.4. The van der Waals surface area contributed by atoms with E-state index >= 15 is 0 Å². The second-order valence-corrected chi connectivity index (χ2v) is 14.6. The van der Waals surface area contributed by atoms with Crippen molar-refractivity contribution in [2.45, 2.75) is 167 Å². The van der Waals surface area contributed by atoms with Crippen molar-refractivity contribution < 1.29 is 158 Å². The van der Waals surface area contributed by atoms with Crippen LogP contribution in [0.2, 0.25) is 0 Å². The Morgan fingerprint density at radius 1 is 0.466 bits per heavy atom. The molecule has 5 fully saturated rings. The third kappa shape index (κ3) is 10.8. The largest absolute Gasteiger partial charge is 0.668 e. The van der Waals surface area contributed by atoms with Gasteiger partial charge in [-0.25, -0.2) is 0 Å². The molecule has 14 N–H and O–H groups in total. The van der Waals surface area contributed by atoms with Crippen LogP contribution in [-0.2, 0) is 47.4 Å². The van der Waals surface area contributed by atoms with Gasteiger partial charge in [-0.2, -0.15) is 0 Å². The van der Waals surface area contributed by atoms with Gasteiger partial charge in [0.2, 0.25) is 0 Å². The van der Waals surface area contributed by atoms with Crippen LogP contribution in [0.1, 0.15) is 13.8 Å². The van der Waals surface area contributed by atoms with E-state index in [4.69, 9.17) is 47.4 Å². The summed E-state index contributed by atoms with van der Waals surface area (Å²) in [7, 11) is 0. The number of nitrogens with one attached hydrogen (secondary N) is 1. The normalized spacial score (nSPS) is 51.5. The third-order valence-corrected chi connectivity index (χ3v) is 10.6. The first-order chi connectivity index (χ1) is 27.0. The molecule has 5 aliphatic heterocycles. The fraction of sp³-hybridized carbons (Fsp3) is 0.939. The molecule has 24 nitrogen and oxygen atoms in total. The van der Waals surface area contributed by atoms with E-state index in [2.05, 4.69) is 6.58 Å². The predicted octanol–water partition coefficient (Wildman–Crippen LogP) is -7.60. The van der Waals surface area contributed by atoms with Gasteiger partial charge in [-0.05, 0) is 13.8 Å². The first kappa shape index (κ1) is 50.9. The van der Waals surface area contributed by atoms with Crippen LogP contribution >= 0.6 is 0 Å². The van der Waals surface area contributed by atoms with Crippen molar-refractivity contribution in [3.63, 3.8) is 0 Å². The standard InChI is InChI=1S/C33H56NO23.Ac/c1-4-5-48-30-24(47)27(18(41)12(7-36)51-30)56-29-14(34)26(55-31-22(45)19(42)15(38)9(2)49-31)25(13(8-37)53-29)54-33-28(21(44)17(40)11(6-35)52-33)57-32-23(46)20(43)16(39)10(3)50-32;/h4,9-47H,1,5-8H2,2-3H3;/q-1;/t9?,10?,11?,12?,13?,14?,15-,16-,17+,18+,19?,20+,21+,22-,23?,24?,25-,26-,27+,28?,29?,30?,31+,32+,33+;/m1./s1. The average Bonchev–Trinajstić information content (AvgIpc) is 3.19. The molecule has 0 aromatic heterocycles. The van der Waals surface area contributed by atoms with Gasteiger partial charge in [0.05, 0.1) is 44.7 Å². The van der Waals surface area contributed by atoms with Crippen LogP contribution in [0.5, 0.6) is 0 Å². The average molecular weight is 1060 g/mol. The van der Waals surface area contributed by atoms with Crippen molar-refractivity contribution in [3.8, 4) is 0 Å². The Balaban J connectivity index is 0.00000744. The molecular formula is C33H56AcNO23-. The Hall–Kier alpha value is 0.222. The third-order valence-electron chi connectivity index (χ3n) is 10.6. The van der Waals surface area contributed by atoms with Crippen molar-refractivity contribution in [3.05, 3.63) is 18.4 Å². The van der Waals surface area contributed by atoms with Gasteiger partial charge in [-0.3, -0.25) is 0 Å². The molecule has 58 heavy (non-hydrogen) atoms. The Morgan fingerprint density at radius 2 is 0.914 bits per heavy atom. The van der Waals surface area contributed by atoms with E-state index in [1.807, 2.05) is 0 Å². The number of ether oxygens (including phenoxy) is 10. The maximum atomic E-state index is 11.2. The summed E-state index contributed by atoms with van der Waals surface area (Å²) < 4.78 is 57.5. The molecule has 1 radical (unpaired) electrons. The fourth-order valence-corrected chi connectivity index (χ4v) is 7.19. The Labute approximate surface area is 368 Å². The zero-order chi connectivity index (χ0) is 42.0. The number of rotatable bonds is 14. The quantitative estimate of drug-likeness (QED) is 0.0719. The summed E-state index contributed by atoms with van der Waals surface area (Å²) in [4.78, 5) is 0. The SMILES string of the molecule is C=CCOC1OC(CO)[C@H](O)[C@H](OC2OC(CO)[C@@H](O[C@@H]3OC(CO)[C@H](O)[C@H](O)C3O[C@@H]3OC(C)[C@@H](O)[C@H](O)C3O)[C@H](O[C@@H]3OC(C)[C@@H](O)C(O)[C@H]3O)C2[NH-])C1O.[Ac]. The van der Waals surface area contributed by atoms with Crippen LogP contribution in [0, 0.1) is 44.1 Å². The second kappa shape index (κ2) is 22.2. The van der Waals surface area contributed by atoms with Crippen molar-refractivity contribution in [1.82, 2.24) is 0 Å². The fourth-order valence-electron chi connectivity index (χ4n) is 7.19. The van der Waals surface area contributed by atoms with Crippen LogP contribution in [-0.4, -0.2) is 246 Å². The second-order valence-electron chi connectivity index (χ2n) is 14.6. The summed E-state index contributed by atoms with van der Waals surface area (Å²) in [6.45, 7) is 3.47. The molecule has 0 saturated carbocycles. The summed E-state index contributed by atoms with van der Waals surface area (Å²) in [5, 5.41) is 137.